The number of sulfone groups is 2. The van der Waals surface area contributed by atoms with Crippen LogP contribution >= 0.6 is 0 Å². The maximum atomic E-state index is 11.5. The van der Waals surface area contributed by atoms with Crippen LogP contribution in [-0.2, 0) is 19.7 Å². The lowest BCUT2D eigenvalue weighted by Crippen LogP contribution is -2.21. The average molecular weight is 657 g/mol. The minimum Gasteiger partial charge on any atom is -0.395 e. The summed E-state index contributed by atoms with van der Waals surface area (Å²) in [5.41, 5.74) is 2.11. The third-order valence-electron chi connectivity index (χ3n) is 5.71. The normalized spacial score (nSPS) is 11.0. The van der Waals surface area contributed by atoms with E-state index in [0.29, 0.717) is 52.1 Å². The van der Waals surface area contributed by atoms with E-state index in [4.69, 9.17) is 30.9 Å². The predicted molar refractivity (Wildman–Crippen MR) is 167 cm³/mol. The Bertz CT molecular complexity index is 1510. The summed E-state index contributed by atoms with van der Waals surface area (Å²) in [7, 11) is -6.62. The largest absolute Gasteiger partial charge is 0.395 e. The van der Waals surface area contributed by atoms with E-state index < -0.39 is 32.9 Å². The smallest absolute Gasteiger partial charge is 0.154 e. The van der Waals surface area contributed by atoms with Crippen LogP contribution in [0.1, 0.15) is 22.3 Å². The molecule has 8 N–H and O–H groups in total. The standard InChI is InChI=1S/2C13H20N4O4S/c1-10-8-12(15-3-6-22(20,21)7-5-19)17-13(11(10)9-14)16-2-4-18;1-10-8-12(15-2-4-18)17-13(11(10)9-14)16-3-6-22(20,21)7-5-19/h2*8,18-19H,2-7H2,1H3,(H2,15,16,17). The first-order valence-corrected chi connectivity index (χ1v) is 17.1. The molecule has 0 bridgehead atoms. The van der Waals surface area contributed by atoms with Gasteiger partial charge < -0.3 is 41.7 Å². The van der Waals surface area contributed by atoms with Crippen molar-refractivity contribution in [2.45, 2.75) is 13.8 Å². The van der Waals surface area contributed by atoms with Gasteiger partial charge >= 0.3 is 0 Å². The summed E-state index contributed by atoms with van der Waals surface area (Å²) < 4.78 is 46.0. The summed E-state index contributed by atoms with van der Waals surface area (Å²) in [6.45, 7) is 3.36. The molecule has 2 aromatic heterocycles. The van der Waals surface area contributed by atoms with Crippen LogP contribution in [0.4, 0.5) is 23.3 Å². The summed E-state index contributed by atoms with van der Waals surface area (Å²) in [5, 5.41) is 64.7. The Labute approximate surface area is 257 Å². The SMILES string of the molecule is Cc1cc(NCCO)nc(NCCS(=O)(=O)CCO)c1C#N.Cc1cc(NCCS(=O)(=O)CCO)nc(NCCO)c1C#N. The van der Waals surface area contributed by atoms with Crippen LogP contribution in [-0.4, -0.2) is 123 Å². The molecule has 0 saturated heterocycles. The molecule has 2 rings (SSSR count). The van der Waals surface area contributed by atoms with Crippen LogP contribution in [0, 0.1) is 36.5 Å². The van der Waals surface area contributed by atoms with E-state index in [2.05, 4.69) is 31.2 Å². The molecule has 2 heterocycles. The molecule has 0 aromatic carbocycles. The number of anilines is 4. The third kappa shape index (κ3) is 13.7. The maximum Gasteiger partial charge on any atom is 0.154 e. The molecular formula is C26H40N8O8S2. The highest BCUT2D eigenvalue weighted by atomic mass is 32.2. The second-order valence-electron chi connectivity index (χ2n) is 9.22. The van der Waals surface area contributed by atoms with Crippen LogP contribution in [0.2, 0.25) is 0 Å². The lowest BCUT2D eigenvalue weighted by molar-refractivity contribution is 0.310. The lowest BCUT2D eigenvalue weighted by Gasteiger charge is -2.12. The molecule has 44 heavy (non-hydrogen) atoms. The number of pyridine rings is 2. The van der Waals surface area contributed by atoms with Crippen LogP contribution < -0.4 is 21.3 Å². The Hall–Kier alpha value is -3.78. The van der Waals surface area contributed by atoms with Gasteiger partial charge in [0.15, 0.2) is 19.7 Å². The zero-order valence-corrected chi connectivity index (χ0v) is 26.3. The average Bonchev–Trinajstić information content (AvgIpc) is 2.95. The topological polar surface area (TPSA) is 271 Å². The Kier molecular flexibility index (Phi) is 16.9. The summed E-state index contributed by atoms with van der Waals surface area (Å²) in [4.78, 5) is 8.41. The van der Waals surface area contributed by atoms with Crippen LogP contribution in [0.15, 0.2) is 12.1 Å². The molecule has 18 heteroatoms. The number of aromatic nitrogens is 2. The fourth-order valence-electron chi connectivity index (χ4n) is 3.56. The van der Waals surface area contributed by atoms with Crippen molar-refractivity contribution in [3.05, 3.63) is 34.4 Å². The molecule has 0 saturated carbocycles. The molecule has 0 aliphatic heterocycles. The first kappa shape index (κ1) is 38.2. The Morgan fingerprint density at radius 3 is 1.36 bits per heavy atom. The molecule has 16 nitrogen and oxygen atoms in total. The van der Waals surface area contributed by atoms with Crippen molar-refractivity contribution in [1.29, 1.82) is 10.5 Å². The number of aliphatic hydroxyl groups excluding tert-OH is 4. The second kappa shape index (κ2) is 19.5. The molecule has 0 aliphatic rings. The van der Waals surface area contributed by atoms with Gasteiger partial charge in [-0.15, -0.1) is 0 Å². The molecule has 0 unspecified atom stereocenters. The van der Waals surface area contributed by atoms with Crippen molar-refractivity contribution in [3.63, 3.8) is 0 Å². The van der Waals surface area contributed by atoms with Gasteiger partial charge in [-0.25, -0.2) is 26.8 Å². The van der Waals surface area contributed by atoms with E-state index >= 15 is 0 Å². The molecule has 0 radical (unpaired) electrons. The molecule has 0 fully saturated rings. The van der Waals surface area contributed by atoms with Gasteiger partial charge in [0.25, 0.3) is 0 Å². The summed E-state index contributed by atoms with van der Waals surface area (Å²) in [5.74, 6) is 0.741. The predicted octanol–water partition coefficient (Wildman–Crippen LogP) is -1.03. The third-order valence-corrected chi connectivity index (χ3v) is 8.97. The van der Waals surface area contributed by atoms with Gasteiger partial charge in [-0.1, -0.05) is 0 Å². The van der Waals surface area contributed by atoms with Crippen LogP contribution in [0.25, 0.3) is 0 Å². The minimum atomic E-state index is -3.33. The number of hydrogen-bond acceptors (Lipinski definition) is 16. The van der Waals surface area contributed by atoms with Gasteiger partial charge in [0.1, 0.15) is 35.4 Å². The number of aliphatic hydroxyl groups is 4. The minimum absolute atomic E-state index is 0.0527. The van der Waals surface area contributed by atoms with Crippen molar-refractivity contribution in [3.8, 4) is 12.1 Å². The molecule has 0 aliphatic carbocycles. The van der Waals surface area contributed by atoms with Crippen molar-refractivity contribution in [1.82, 2.24) is 9.97 Å². The molecule has 244 valence electrons. The van der Waals surface area contributed by atoms with Crippen LogP contribution in [0.3, 0.4) is 0 Å². The van der Waals surface area contributed by atoms with Crippen molar-refractivity contribution < 1.29 is 37.3 Å². The van der Waals surface area contributed by atoms with Gasteiger partial charge in [-0.05, 0) is 37.1 Å². The zero-order chi connectivity index (χ0) is 33.2. The van der Waals surface area contributed by atoms with E-state index in [1.165, 1.54) is 0 Å². The van der Waals surface area contributed by atoms with E-state index in [1.807, 2.05) is 12.1 Å². The highest BCUT2D eigenvalue weighted by molar-refractivity contribution is 7.91. The second-order valence-corrected chi connectivity index (χ2v) is 13.8. The quantitative estimate of drug-likeness (QED) is 0.0952. The number of nitrogens with zero attached hydrogens (tertiary/aromatic N) is 4. The van der Waals surface area contributed by atoms with Crippen molar-refractivity contribution >= 4 is 42.9 Å². The van der Waals surface area contributed by atoms with Gasteiger partial charge in [0, 0.05) is 26.2 Å². The maximum absolute atomic E-state index is 11.5. The lowest BCUT2D eigenvalue weighted by atomic mass is 10.1. The van der Waals surface area contributed by atoms with Crippen LogP contribution in [0.5, 0.6) is 0 Å². The first-order chi connectivity index (χ1) is 20.9. The van der Waals surface area contributed by atoms with Gasteiger partial charge in [-0.3, -0.25) is 0 Å². The molecule has 0 amide bonds. The number of aryl methyl sites for hydroxylation is 2. The fraction of sp³-hybridized carbons (Fsp3) is 0.538. The molecule has 0 atom stereocenters. The fourth-order valence-corrected chi connectivity index (χ4v) is 5.36. The van der Waals surface area contributed by atoms with E-state index in [-0.39, 0.29) is 55.9 Å². The summed E-state index contributed by atoms with van der Waals surface area (Å²) in [6, 6.07) is 7.40. The molecular weight excluding hydrogens is 616 g/mol. The number of hydrogen-bond donors (Lipinski definition) is 8. The van der Waals surface area contributed by atoms with E-state index in [0.717, 1.165) is 0 Å². The Morgan fingerprint density at radius 2 is 0.977 bits per heavy atom. The summed E-state index contributed by atoms with van der Waals surface area (Å²) in [6.07, 6.45) is 0. The highest BCUT2D eigenvalue weighted by Gasteiger charge is 2.14. The number of nitrogens with one attached hydrogen (secondary N) is 4. The van der Waals surface area contributed by atoms with Crippen molar-refractivity contribution in [2.75, 3.05) is 96.9 Å². The first-order valence-electron chi connectivity index (χ1n) is 13.5. The highest BCUT2D eigenvalue weighted by Crippen LogP contribution is 2.21. The summed E-state index contributed by atoms with van der Waals surface area (Å²) >= 11 is 0. The Morgan fingerprint density at radius 1 is 0.614 bits per heavy atom. The number of nitriles is 2. The van der Waals surface area contributed by atoms with E-state index in [1.54, 1.807) is 26.0 Å². The number of rotatable bonds is 18. The zero-order valence-electron chi connectivity index (χ0n) is 24.7. The molecule has 2 aromatic rings. The molecule has 0 spiro atoms. The Balaban J connectivity index is 0.000000440. The van der Waals surface area contributed by atoms with Gasteiger partial charge in [0.2, 0.25) is 0 Å². The van der Waals surface area contributed by atoms with Gasteiger partial charge in [0.05, 0.1) is 60.6 Å². The van der Waals surface area contributed by atoms with Gasteiger partial charge in [-0.2, -0.15) is 10.5 Å². The van der Waals surface area contributed by atoms with Crippen molar-refractivity contribution in [2.24, 2.45) is 0 Å². The van der Waals surface area contributed by atoms with E-state index in [9.17, 15) is 16.8 Å². The monoisotopic (exact) mass is 656 g/mol.